The van der Waals surface area contributed by atoms with Crippen molar-refractivity contribution >= 4 is 19.7 Å². The molecule has 2 rings (SSSR count). The lowest BCUT2D eigenvalue weighted by Gasteiger charge is -2.22. The fourth-order valence-corrected chi connectivity index (χ4v) is 3.56. The molecule has 0 aromatic heterocycles. The van der Waals surface area contributed by atoms with E-state index in [-0.39, 0.29) is 4.90 Å². The van der Waals surface area contributed by atoms with E-state index in [2.05, 4.69) is 0 Å². The molecular formula is C14H19ClO4S. The van der Waals surface area contributed by atoms with E-state index in [1.165, 1.54) is 0 Å². The van der Waals surface area contributed by atoms with Gasteiger partial charge in [0.05, 0.1) is 11.5 Å². The van der Waals surface area contributed by atoms with Gasteiger partial charge in [-0.3, -0.25) is 0 Å². The molecule has 1 aliphatic rings. The van der Waals surface area contributed by atoms with Gasteiger partial charge in [0.25, 0.3) is 9.05 Å². The Hall–Kier alpha value is -0.780. The van der Waals surface area contributed by atoms with Gasteiger partial charge in [0.1, 0.15) is 5.75 Å². The van der Waals surface area contributed by atoms with Crippen LogP contribution in [0.3, 0.4) is 0 Å². The summed E-state index contributed by atoms with van der Waals surface area (Å²) in [6.45, 7) is 5.75. The quantitative estimate of drug-likeness (QED) is 0.801. The fraction of sp³-hybridized carbons (Fsp3) is 0.571. The summed E-state index contributed by atoms with van der Waals surface area (Å²) in [5, 5.41) is 0. The Morgan fingerprint density at radius 3 is 2.50 bits per heavy atom. The van der Waals surface area contributed by atoms with Crippen molar-refractivity contribution in [2.75, 3.05) is 19.8 Å². The number of ether oxygens (including phenoxy) is 2. The Labute approximate surface area is 124 Å². The predicted octanol–water partition coefficient (Wildman–Crippen LogP) is 3.04. The van der Waals surface area contributed by atoms with E-state index in [0.717, 1.165) is 37.4 Å². The van der Waals surface area contributed by atoms with Gasteiger partial charge in [-0.25, -0.2) is 8.42 Å². The molecule has 0 spiro atoms. The number of benzene rings is 1. The van der Waals surface area contributed by atoms with Gasteiger partial charge in [0.15, 0.2) is 0 Å². The van der Waals surface area contributed by atoms with E-state index in [1.807, 2.05) is 6.92 Å². The van der Waals surface area contributed by atoms with Crippen LogP contribution in [0.2, 0.25) is 0 Å². The highest BCUT2D eigenvalue weighted by Crippen LogP contribution is 2.28. The highest BCUT2D eigenvalue weighted by Gasteiger charge is 2.18. The van der Waals surface area contributed by atoms with Gasteiger partial charge in [-0.1, -0.05) is 0 Å². The first-order chi connectivity index (χ1) is 9.38. The molecular weight excluding hydrogens is 300 g/mol. The van der Waals surface area contributed by atoms with Gasteiger partial charge in [-0.15, -0.1) is 0 Å². The molecule has 20 heavy (non-hydrogen) atoms. The van der Waals surface area contributed by atoms with Crippen LogP contribution >= 0.6 is 10.7 Å². The van der Waals surface area contributed by atoms with E-state index in [4.69, 9.17) is 20.2 Å². The molecule has 0 saturated carbocycles. The molecule has 1 fully saturated rings. The number of hydrogen-bond acceptors (Lipinski definition) is 4. The van der Waals surface area contributed by atoms with Crippen LogP contribution in [0.25, 0.3) is 0 Å². The van der Waals surface area contributed by atoms with Gasteiger partial charge in [0, 0.05) is 23.9 Å². The number of rotatable bonds is 4. The molecule has 0 amide bonds. The maximum Gasteiger partial charge on any atom is 0.261 e. The zero-order valence-corrected chi connectivity index (χ0v) is 13.3. The minimum Gasteiger partial charge on any atom is -0.493 e. The summed E-state index contributed by atoms with van der Waals surface area (Å²) in [4.78, 5) is 0.148. The Balaban J connectivity index is 2.11. The van der Waals surface area contributed by atoms with Crippen molar-refractivity contribution in [1.82, 2.24) is 0 Å². The zero-order valence-electron chi connectivity index (χ0n) is 11.7. The third-order valence-corrected chi connectivity index (χ3v) is 5.01. The minimum atomic E-state index is -3.71. The summed E-state index contributed by atoms with van der Waals surface area (Å²) in [7, 11) is 1.70. The second-order valence-electron chi connectivity index (χ2n) is 5.19. The van der Waals surface area contributed by atoms with Crippen LogP contribution in [0.5, 0.6) is 5.75 Å². The van der Waals surface area contributed by atoms with Gasteiger partial charge in [-0.2, -0.15) is 0 Å². The van der Waals surface area contributed by atoms with Crippen LogP contribution < -0.4 is 4.74 Å². The number of aryl methyl sites for hydroxylation is 2. The topological polar surface area (TPSA) is 52.6 Å². The first kappa shape index (κ1) is 15.6. The SMILES string of the molecule is Cc1cc(S(=O)(=O)Cl)c(C)cc1OCC1CCOCC1. The van der Waals surface area contributed by atoms with E-state index >= 15 is 0 Å². The summed E-state index contributed by atoms with van der Waals surface area (Å²) < 4.78 is 34.0. The maximum absolute atomic E-state index is 11.4. The highest BCUT2D eigenvalue weighted by atomic mass is 35.7. The first-order valence-electron chi connectivity index (χ1n) is 6.64. The minimum absolute atomic E-state index is 0.148. The van der Waals surface area contributed by atoms with Gasteiger partial charge >= 0.3 is 0 Å². The van der Waals surface area contributed by atoms with Gasteiger partial charge < -0.3 is 9.47 Å². The lowest BCUT2D eigenvalue weighted by molar-refractivity contribution is 0.0496. The number of halogens is 1. The van der Waals surface area contributed by atoms with Crippen molar-refractivity contribution in [2.45, 2.75) is 31.6 Å². The molecule has 1 aromatic rings. The van der Waals surface area contributed by atoms with E-state index in [0.29, 0.717) is 18.1 Å². The zero-order chi connectivity index (χ0) is 14.8. The third kappa shape index (κ3) is 3.87. The van der Waals surface area contributed by atoms with Gasteiger partial charge in [0.2, 0.25) is 0 Å². The average molecular weight is 319 g/mol. The summed E-state index contributed by atoms with van der Waals surface area (Å²) in [6, 6.07) is 3.31. The van der Waals surface area contributed by atoms with Crippen molar-refractivity contribution in [3.05, 3.63) is 23.3 Å². The molecule has 1 heterocycles. The molecule has 1 saturated heterocycles. The average Bonchev–Trinajstić information content (AvgIpc) is 2.39. The fourth-order valence-electron chi connectivity index (χ4n) is 2.30. The summed E-state index contributed by atoms with van der Waals surface area (Å²) in [6.07, 6.45) is 2.01. The molecule has 0 atom stereocenters. The van der Waals surface area contributed by atoms with Crippen LogP contribution in [0.15, 0.2) is 17.0 Å². The van der Waals surface area contributed by atoms with Crippen LogP contribution in [0, 0.1) is 19.8 Å². The van der Waals surface area contributed by atoms with E-state index in [9.17, 15) is 8.42 Å². The standard InChI is InChI=1S/C14H19ClO4S/c1-10-8-14(20(15,16)17)11(2)7-13(10)19-9-12-3-5-18-6-4-12/h7-8,12H,3-6,9H2,1-2H3. The molecule has 4 nitrogen and oxygen atoms in total. The second kappa shape index (κ2) is 6.33. The summed E-state index contributed by atoms with van der Waals surface area (Å²) in [5.74, 6) is 1.22. The lowest BCUT2D eigenvalue weighted by Crippen LogP contribution is -2.21. The Morgan fingerprint density at radius 2 is 1.90 bits per heavy atom. The smallest absolute Gasteiger partial charge is 0.261 e. The highest BCUT2D eigenvalue weighted by molar-refractivity contribution is 8.13. The largest absolute Gasteiger partial charge is 0.493 e. The van der Waals surface area contributed by atoms with Crippen molar-refractivity contribution in [3.8, 4) is 5.75 Å². The van der Waals surface area contributed by atoms with E-state index in [1.54, 1.807) is 19.1 Å². The van der Waals surface area contributed by atoms with Crippen molar-refractivity contribution < 1.29 is 17.9 Å². The third-order valence-electron chi connectivity index (χ3n) is 3.55. The van der Waals surface area contributed by atoms with Crippen LogP contribution in [-0.2, 0) is 13.8 Å². The Bertz CT molecular complexity index is 577. The molecule has 0 N–H and O–H groups in total. The Morgan fingerprint density at radius 1 is 1.25 bits per heavy atom. The second-order valence-corrected chi connectivity index (χ2v) is 7.72. The monoisotopic (exact) mass is 318 g/mol. The predicted molar refractivity (Wildman–Crippen MR) is 78.0 cm³/mol. The molecule has 1 aliphatic heterocycles. The van der Waals surface area contributed by atoms with Crippen LogP contribution in [0.4, 0.5) is 0 Å². The molecule has 0 bridgehead atoms. The normalized spacial score (nSPS) is 17.1. The summed E-state index contributed by atoms with van der Waals surface area (Å²) >= 11 is 0. The van der Waals surface area contributed by atoms with E-state index < -0.39 is 9.05 Å². The number of hydrogen-bond donors (Lipinski definition) is 0. The van der Waals surface area contributed by atoms with Crippen molar-refractivity contribution in [3.63, 3.8) is 0 Å². The van der Waals surface area contributed by atoms with Crippen molar-refractivity contribution in [2.24, 2.45) is 5.92 Å². The maximum atomic E-state index is 11.4. The van der Waals surface area contributed by atoms with Crippen LogP contribution in [0.1, 0.15) is 24.0 Å². The molecule has 6 heteroatoms. The Kier molecular flexibility index (Phi) is 4.94. The van der Waals surface area contributed by atoms with Crippen molar-refractivity contribution in [1.29, 1.82) is 0 Å². The molecule has 1 aromatic carbocycles. The van der Waals surface area contributed by atoms with Crippen LogP contribution in [-0.4, -0.2) is 28.2 Å². The summed E-state index contributed by atoms with van der Waals surface area (Å²) in [5.41, 5.74) is 1.38. The first-order valence-corrected chi connectivity index (χ1v) is 8.95. The molecule has 0 unspecified atom stereocenters. The molecule has 112 valence electrons. The molecule has 0 aliphatic carbocycles. The lowest BCUT2D eigenvalue weighted by atomic mass is 10.0. The molecule has 0 radical (unpaired) electrons. The van der Waals surface area contributed by atoms with Gasteiger partial charge in [-0.05, 0) is 55.9 Å².